The van der Waals surface area contributed by atoms with Gasteiger partial charge in [-0.3, -0.25) is 9.59 Å². The van der Waals surface area contributed by atoms with E-state index in [9.17, 15) is 9.59 Å². The zero-order valence-electron chi connectivity index (χ0n) is 11.1. The van der Waals surface area contributed by atoms with Gasteiger partial charge in [0.05, 0.1) is 5.92 Å². The van der Waals surface area contributed by atoms with Gasteiger partial charge in [0.25, 0.3) is 0 Å². The van der Waals surface area contributed by atoms with Crippen LogP contribution in [0.2, 0.25) is 0 Å². The highest BCUT2D eigenvalue weighted by molar-refractivity contribution is 5.89. The SMILES string of the molecule is CC(=O)Nc1cccc(OC(=O)C2CCCCC2)c1. The number of anilines is 1. The van der Waals surface area contributed by atoms with E-state index in [4.69, 9.17) is 4.74 Å². The number of esters is 1. The Kier molecular flexibility index (Phi) is 4.55. The van der Waals surface area contributed by atoms with Gasteiger partial charge in [-0.05, 0) is 25.0 Å². The van der Waals surface area contributed by atoms with Gasteiger partial charge in [-0.15, -0.1) is 0 Å². The molecule has 0 aromatic heterocycles. The second-order valence-electron chi connectivity index (χ2n) is 4.97. The van der Waals surface area contributed by atoms with E-state index in [0.717, 1.165) is 25.7 Å². The van der Waals surface area contributed by atoms with Crippen molar-refractivity contribution in [1.82, 2.24) is 0 Å². The molecule has 1 aliphatic carbocycles. The van der Waals surface area contributed by atoms with Crippen molar-refractivity contribution >= 4 is 17.6 Å². The maximum atomic E-state index is 12.0. The van der Waals surface area contributed by atoms with E-state index in [0.29, 0.717) is 11.4 Å². The number of benzene rings is 1. The van der Waals surface area contributed by atoms with Gasteiger partial charge in [0, 0.05) is 18.7 Å². The summed E-state index contributed by atoms with van der Waals surface area (Å²) in [6.07, 6.45) is 5.26. The number of ether oxygens (including phenoxy) is 1. The summed E-state index contributed by atoms with van der Waals surface area (Å²) in [5.74, 6) is 0.218. The minimum absolute atomic E-state index is 0.0261. The van der Waals surface area contributed by atoms with Crippen LogP contribution in [0.25, 0.3) is 0 Å². The molecule has 0 radical (unpaired) electrons. The first-order valence-corrected chi connectivity index (χ1v) is 6.74. The lowest BCUT2D eigenvalue weighted by molar-refractivity contribution is -0.140. The van der Waals surface area contributed by atoms with Crippen molar-refractivity contribution in [2.45, 2.75) is 39.0 Å². The normalized spacial score (nSPS) is 15.8. The summed E-state index contributed by atoms with van der Waals surface area (Å²) in [6.45, 7) is 1.45. The maximum Gasteiger partial charge on any atom is 0.314 e. The summed E-state index contributed by atoms with van der Waals surface area (Å²) >= 11 is 0. The summed E-state index contributed by atoms with van der Waals surface area (Å²) in [6, 6.07) is 6.92. The van der Waals surface area contributed by atoms with Crippen LogP contribution in [0.3, 0.4) is 0 Å². The highest BCUT2D eigenvalue weighted by atomic mass is 16.5. The lowest BCUT2D eigenvalue weighted by Crippen LogP contribution is -2.22. The van der Waals surface area contributed by atoms with E-state index in [-0.39, 0.29) is 17.8 Å². The van der Waals surface area contributed by atoms with Gasteiger partial charge in [-0.2, -0.15) is 0 Å². The minimum Gasteiger partial charge on any atom is -0.426 e. The van der Waals surface area contributed by atoms with Gasteiger partial charge >= 0.3 is 5.97 Å². The zero-order valence-corrected chi connectivity index (χ0v) is 11.1. The second kappa shape index (κ2) is 6.36. The molecule has 4 heteroatoms. The molecular formula is C15H19NO3. The Morgan fingerprint density at radius 2 is 1.95 bits per heavy atom. The van der Waals surface area contributed by atoms with Crippen molar-refractivity contribution in [2.24, 2.45) is 5.92 Å². The fourth-order valence-electron chi connectivity index (χ4n) is 2.38. The number of hydrogen-bond acceptors (Lipinski definition) is 3. The maximum absolute atomic E-state index is 12.0. The van der Waals surface area contributed by atoms with Gasteiger partial charge in [0.1, 0.15) is 5.75 Å². The quantitative estimate of drug-likeness (QED) is 0.671. The molecule has 0 atom stereocenters. The Labute approximate surface area is 113 Å². The molecule has 0 aliphatic heterocycles. The Morgan fingerprint density at radius 3 is 2.63 bits per heavy atom. The molecule has 1 saturated carbocycles. The molecule has 0 saturated heterocycles. The van der Waals surface area contributed by atoms with Crippen LogP contribution in [0.4, 0.5) is 5.69 Å². The Bertz CT molecular complexity index is 464. The van der Waals surface area contributed by atoms with Crippen molar-refractivity contribution in [3.05, 3.63) is 24.3 Å². The number of hydrogen-bond donors (Lipinski definition) is 1. The summed E-state index contributed by atoms with van der Waals surface area (Å²) in [4.78, 5) is 23.0. The number of amides is 1. The van der Waals surface area contributed by atoms with E-state index in [1.807, 2.05) is 0 Å². The largest absolute Gasteiger partial charge is 0.426 e. The van der Waals surface area contributed by atoms with Crippen molar-refractivity contribution < 1.29 is 14.3 Å². The third kappa shape index (κ3) is 4.09. The van der Waals surface area contributed by atoms with Crippen LogP contribution in [0.5, 0.6) is 5.75 Å². The Hall–Kier alpha value is -1.84. The molecule has 0 unspecified atom stereocenters. The van der Waals surface area contributed by atoms with E-state index in [2.05, 4.69) is 5.32 Å². The van der Waals surface area contributed by atoms with Gasteiger partial charge in [0.15, 0.2) is 0 Å². The van der Waals surface area contributed by atoms with Crippen LogP contribution < -0.4 is 10.1 Å². The Balaban J connectivity index is 1.97. The fraction of sp³-hybridized carbons (Fsp3) is 0.467. The van der Waals surface area contributed by atoms with Crippen molar-refractivity contribution in [2.75, 3.05) is 5.32 Å². The van der Waals surface area contributed by atoms with Crippen molar-refractivity contribution in [3.8, 4) is 5.75 Å². The molecule has 4 nitrogen and oxygen atoms in total. The second-order valence-corrected chi connectivity index (χ2v) is 4.97. The smallest absolute Gasteiger partial charge is 0.314 e. The first kappa shape index (κ1) is 13.6. The minimum atomic E-state index is -0.153. The predicted molar refractivity (Wildman–Crippen MR) is 73.0 cm³/mol. The molecule has 0 bridgehead atoms. The molecule has 1 N–H and O–H groups in total. The Morgan fingerprint density at radius 1 is 1.21 bits per heavy atom. The number of carbonyl (C=O) groups is 2. The monoisotopic (exact) mass is 261 g/mol. The van der Waals surface area contributed by atoms with Crippen LogP contribution >= 0.6 is 0 Å². The molecule has 1 aromatic rings. The lowest BCUT2D eigenvalue weighted by atomic mass is 9.89. The molecule has 1 aromatic carbocycles. The number of carbonyl (C=O) groups excluding carboxylic acids is 2. The van der Waals surface area contributed by atoms with Crippen LogP contribution in [-0.2, 0) is 9.59 Å². The van der Waals surface area contributed by atoms with E-state index in [1.165, 1.54) is 13.3 Å². The molecule has 0 spiro atoms. The predicted octanol–water partition coefficient (Wildman–Crippen LogP) is 3.13. The lowest BCUT2D eigenvalue weighted by Gasteiger charge is -2.19. The molecule has 2 rings (SSSR count). The summed E-state index contributed by atoms with van der Waals surface area (Å²) in [7, 11) is 0. The molecule has 0 heterocycles. The molecule has 19 heavy (non-hydrogen) atoms. The van der Waals surface area contributed by atoms with Gasteiger partial charge < -0.3 is 10.1 Å². The topological polar surface area (TPSA) is 55.4 Å². The van der Waals surface area contributed by atoms with E-state index >= 15 is 0 Å². The van der Waals surface area contributed by atoms with Crippen LogP contribution in [0, 0.1) is 5.92 Å². The summed E-state index contributed by atoms with van der Waals surface area (Å²) < 4.78 is 5.39. The number of nitrogens with one attached hydrogen (secondary N) is 1. The molecular weight excluding hydrogens is 242 g/mol. The van der Waals surface area contributed by atoms with Crippen molar-refractivity contribution in [3.63, 3.8) is 0 Å². The first-order valence-electron chi connectivity index (χ1n) is 6.74. The van der Waals surface area contributed by atoms with Gasteiger partial charge in [-0.25, -0.2) is 0 Å². The van der Waals surface area contributed by atoms with Crippen LogP contribution in [0.15, 0.2) is 24.3 Å². The fourth-order valence-corrected chi connectivity index (χ4v) is 2.38. The van der Waals surface area contributed by atoms with Crippen LogP contribution in [0.1, 0.15) is 39.0 Å². The van der Waals surface area contributed by atoms with E-state index in [1.54, 1.807) is 24.3 Å². The molecule has 102 valence electrons. The van der Waals surface area contributed by atoms with Gasteiger partial charge in [-0.1, -0.05) is 25.3 Å². The third-order valence-electron chi connectivity index (χ3n) is 3.31. The summed E-state index contributed by atoms with van der Waals surface area (Å²) in [5, 5.41) is 2.67. The highest BCUT2D eigenvalue weighted by Gasteiger charge is 2.22. The molecule has 1 amide bonds. The average molecular weight is 261 g/mol. The van der Waals surface area contributed by atoms with Crippen molar-refractivity contribution in [1.29, 1.82) is 0 Å². The average Bonchev–Trinajstić information content (AvgIpc) is 2.39. The third-order valence-corrected chi connectivity index (χ3v) is 3.31. The van der Waals surface area contributed by atoms with E-state index < -0.39 is 0 Å². The van der Waals surface area contributed by atoms with Crippen LogP contribution in [-0.4, -0.2) is 11.9 Å². The number of rotatable bonds is 3. The van der Waals surface area contributed by atoms with Gasteiger partial charge in [0.2, 0.25) is 5.91 Å². The first-order chi connectivity index (χ1) is 9.15. The standard InChI is InChI=1S/C15H19NO3/c1-11(17)16-13-8-5-9-14(10-13)19-15(18)12-6-3-2-4-7-12/h5,8-10,12H,2-4,6-7H2,1H3,(H,16,17). The summed E-state index contributed by atoms with van der Waals surface area (Å²) in [5.41, 5.74) is 0.640. The molecule has 1 fully saturated rings. The zero-order chi connectivity index (χ0) is 13.7. The highest BCUT2D eigenvalue weighted by Crippen LogP contribution is 2.26. The molecule has 1 aliphatic rings.